The van der Waals surface area contributed by atoms with E-state index in [4.69, 9.17) is 13.8 Å². The van der Waals surface area contributed by atoms with Crippen molar-refractivity contribution in [2.75, 3.05) is 9.80 Å². The van der Waals surface area contributed by atoms with E-state index in [1.807, 2.05) is 59.2 Å². The molecule has 9 aromatic carbocycles. The first kappa shape index (κ1) is 43.1. The van der Waals surface area contributed by atoms with E-state index < -0.39 is 14.9 Å². The Bertz CT molecular complexity index is 3760. The molecule has 0 radical (unpaired) electrons. The van der Waals surface area contributed by atoms with E-state index in [2.05, 4.69) is 213 Å². The molecule has 0 atom stereocenters. The fourth-order valence-corrected chi connectivity index (χ4v) is 15.1. The van der Waals surface area contributed by atoms with Crippen LogP contribution in [-0.4, -0.2) is 17.6 Å². The van der Waals surface area contributed by atoms with Crippen LogP contribution in [0.15, 0.2) is 231 Å². The van der Waals surface area contributed by atoms with Gasteiger partial charge in [-0.05, 0) is 91.5 Å². The Morgan fingerprint density at radius 1 is 0.556 bits per heavy atom. The van der Waals surface area contributed by atoms with E-state index in [0.717, 1.165) is 49.8 Å². The molecule has 1 aliphatic rings. The van der Waals surface area contributed by atoms with Crippen molar-refractivity contribution in [3.63, 3.8) is 0 Å². The van der Waals surface area contributed by atoms with E-state index in [9.17, 15) is 0 Å². The fourth-order valence-electron chi connectivity index (χ4n) is 10.3. The van der Waals surface area contributed by atoms with E-state index in [-0.39, 0.29) is 32.0 Å². The molecule has 7 heteroatoms. The molecule has 354 valence electrons. The summed E-state index contributed by atoms with van der Waals surface area (Å²) in [5, 5.41) is 6.75. The molecule has 5 nitrogen and oxygen atoms in total. The van der Waals surface area contributed by atoms with Gasteiger partial charge in [0.1, 0.15) is 5.82 Å². The molecule has 0 spiro atoms. The van der Waals surface area contributed by atoms with Gasteiger partial charge in [0.2, 0.25) is 0 Å². The molecule has 0 fully saturated rings. The number of hydrogen-bond donors (Lipinski definition) is 0. The van der Waals surface area contributed by atoms with Crippen molar-refractivity contribution >= 4 is 73.4 Å². The van der Waals surface area contributed by atoms with Gasteiger partial charge in [-0.25, -0.2) is 4.98 Å². The largest absolute Gasteiger partial charge is 0.509 e. The number of ether oxygens (including phenoxy) is 1. The minimum atomic E-state index is -2.91. The average Bonchev–Trinajstić information content (AvgIpc) is 3.98. The zero-order valence-corrected chi connectivity index (χ0v) is 43.3. The van der Waals surface area contributed by atoms with Gasteiger partial charge in [-0.1, -0.05) is 184 Å². The van der Waals surface area contributed by atoms with Gasteiger partial charge in [0.25, 0.3) is 0 Å². The van der Waals surface area contributed by atoms with Crippen LogP contribution in [0.25, 0.3) is 38.8 Å². The summed E-state index contributed by atoms with van der Waals surface area (Å²) in [4.78, 5) is 9.47. The monoisotopic (exact) mass is 1130 g/mol. The minimum absolute atomic E-state index is 0. The van der Waals surface area contributed by atoms with Crippen molar-refractivity contribution in [3.8, 4) is 28.4 Å². The summed E-state index contributed by atoms with van der Waals surface area (Å²) in [5.41, 5.74) is 8.38. The second-order valence-corrected chi connectivity index (χ2v) is 22.9. The fraction of sp³-hybridized carbons (Fsp3) is 0.0769. The number of nitrogens with zero attached hydrogens (tertiary/aromatic N) is 4. The van der Waals surface area contributed by atoms with Crippen LogP contribution in [0.5, 0.6) is 11.5 Å². The molecular weight excluding hydrogens is 1080 g/mol. The van der Waals surface area contributed by atoms with Crippen LogP contribution < -0.4 is 35.3 Å². The molecule has 2 aromatic heterocycles. The van der Waals surface area contributed by atoms with E-state index >= 15 is 0 Å². The molecule has 1 aliphatic heterocycles. The molecular formula is C65H51N4OPtSi-3. The quantitative estimate of drug-likeness (QED) is 0.0776. The summed E-state index contributed by atoms with van der Waals surface area (Å²) in [5.74, 6) is 1.47. The van der Waals surface area contributed by atoms with Crippen LogP contribution in [0.4, 0.5) is 22.7 Å². The first-order valence-corrected chi connectivity index (χ1v) is 26.0. The van der Waals surface area contributed by atoms with Gasteiger partial charge in [0, 0.05) is 71.0 Å². The number of hydrogen-bond acceptors (Lipinski definition) is 4. The van der Waals surface area contributed by atoms with E-state index in [1.165, 1.54) is 21.1 Å². The first-order chi connectivity index (χ1) is 35.9. The number of rotatable bonds is 10. The standard InChI is InChI=1S/C65H51N4OSi.Pt/c1-46-39-64(66-44-59(46)47-21-18-32-56(40-47)71(53-26-8-5-9-27-53,54-28-10-6-11-29-54)55-30-12-7-13-31-55)69-60-34-15-14-33-57(60)58-38-37-52(43-63(58)69)70-51-25-20-24-50(42-51)68-45-67(61-35-16-17-36-62(61)68)49-23-19-22-48(41-49)65(2,3)4;/h5-41,44-45H,1-4H3;/q-3;/i1D3;. The SMILES string of the molecule is [2H]C([2H])([2H])c1cc(-n2c3[c-]c(Oc4[c-]c(N5[CH-]N(c6cccc(C(C)(C)C)c6)c6ccccc65)ccc4)ccc3c3ccccc32)ncc1-c1cccc([Si](c2ccccc2)(c2ccccc2)c2ccccc2)c1.[Pt]. The number of aromatic nitrogens is 2. The Morgan fingerprint density at radius 2 is 1.17 bits per heavy atom. The maximum absolute atomic E-state index is 9.02. The van der Waals surface area contributed by atoms with Crippen molar-refractivity contribution in [2.45, 2.75) is 33.0 Å². The molecule has 0 saturated carbocycles. The van der Waals surface area contributed by atoms with Crippen molar-refractivity contribution in [3.05, 3.63) is 261 Å². The van der Waals surface area contributed by atoms with Crippen molar-refractivity contribution in [1.82, 2.24) is 9.55 Å². The van der Waals surface area contributed by atoms with Crippen LogP contribution in [0.3, 0.4) is 0 Å². The zero-order chi connectivity index (χ0) is 50.6. The molecule has 0 bridgehead atoms. The number of anilines is 4. The predicted molar refractivity (Wildman–Crippen MR) is 297 cm³/mol. The minimum Gasteiger partial charge on any atom is -0.509 e. The Labute approximate surface area is 442 Å². The maximum atomic E-state index is 9.02. The Morgan fingerprint density at radius 3 is 1.86 bits per heavy atom. The van der Waals surface area contributed by atoms with Gasteiger partial charge in [-0.3, -0.25) is 0 Å². The average molecular weight is 1130 g/mol. The van der Waals surface area contributed by atoms with Crippen molar-refractivity contribution in [2.24, 2.45) is 0 Å². The van der Waals surface area contributed by atoms with Crippen LogP contribution in [0.2, 0.25) is 0 Å². The van der Waals surface area contributed by atoms with E-state index in [0.29, 0.717) is 28.4 Å². The van der Waals surface area contributed by atoms with Gasteiger partial charge in [0.15, 0.2) is 8.07 Å². The molecule has 0 N–H and O–H groups in total. The Balaban J connectivity index is 0.00000602. The van der Waals surface area contributed by atoms with Gasteiger partial charge in [0.05, 0.1) is 0 Å². The third-order valence-electron chi connectivity index (χ3n) is 13.8. The smallest absolute Gasteiger partial charge is 0.179 e. The summed E-state index contributed by atoms with van der Waals surface area (Å²) in [6.45, 7) is 6.33. The molecule has 12 rings (SSSR count). The summed E-state index contributed by atoms with van der Waals surface area (Å²) < 4.78 is 35.7. The Kier molecular flexibility index (Phi) is 11.4. The van der Waals surface area contributed by atoms with Crippen molar-refractivity contribution in [1.29, 1.82) is 0 Å². The van der Waals surface area contributed by atoms with Gasteiger partial charge < -0.3 is 19.1 Å². The van der Waals surface area contributed by atoms with Crippen LogP contribution in [0.1, 0.15) is 36.0 Å². The summed E-state index contributed by atoms with van der Waals surface area (Å²) >= 11 is 0. The van der Waals surface area contributed by atoms with Gasteiger partial charge in [-0.2, -0.15) is 12.1 Å². The van der Waals surface area contributed by atoms with Gasteiger partial charge >= 0.3 is 0 Å². The number of aryl methyl sites for hydroxylation is 1. The molecule has 0 amide bonds. The number of benzene rings is 9. The van der Waals surface area contributed by atoms with Crippen LogP contribution in [0, 0.1) is 25.7 Å². The van der Waals surface area contributed by atoms with Crippen LogP contribution >= 0.6 is 0 Å². The summed E-state index contributed by atoms with van der Waals surface area (Å²) in [6, 6.07) is 84.5. The zero-order valence-electron chi connectivity index (χ0n) is 43.0. The van der Waals surface area contributed by atoms with Crippen molar-refractivity contribution < 1.29 is 29.9 Å². The first-order valence-electron chi connectivity index (χ1n) is 25.5. The topological polar surface area (TPSA) is 33.5 Å². The third-order valence-corrected chi connectivity index (χ3v) is 18.5. The normalized spacial score (nSPS) is 13.3. The van der Waals surface area contributed by atoms with E-state index in [1.54, 1.807) is 12.3 Å². The molecule has 3 heterocycles. The number of fused-ring (bicyclic) bond motifs is 4. The second-order valence-electron chi connectivity index (χ2n) is 19.1. The van der Waals surface area contributed by atoms with Crippen LogP contribution in [-0.2, 0) is 26.5 Å². The second kappa shape index (κ2) is 19.1. The molecule has 0 saturated heterocycles. The molecule has 0 unspecified atom stereocenters. The molecule has 0 aliphatic carbocycles. The van der Waals surface area contributed by atoms with Gasteiger partial charge in [-0.15, -0.1) is 48.1 Å². The summed E-state index contributed by atoms with van der Waals surface area (Å²) in [7, 11) is -2.91. The summed E-state index contributed by atoms with van der Waals surface area (Å²) in [6.07, 6.45) is 1.73. The molecule has 11 aromatic rings. The maximum Gasteiger partial charge on any atom is 0.179 e. The number of para-hydroxylation sites is 3. The Hall–Kier alpha value is -7.76. The third kappa shape index (κ3) is 8.25. The molecule has 72 heavy (non-hydrogen) atoms. The predicted octanol–water partition coefficient (Wildman–Crippen LogP) is 13.6. The number of pyridine rings is 1.